The number of halogens is 2. The van der Waals surface area contributed by atoms with Crippen LogP contribution in [0.15, 0.2) is 34.9 Å². The second-order valence-corrected chi connectivity index (χ2v) is 5.88. The third-order valence-electron chi connectivity index (χ3n) is 3.51. The van der Waals surface area contributed by atoms with Gasteiger partial charge >= 0.3 is 0 Å². The van der Waals surface area contributed by atoms with Gasteiger partial charge in [-0.25, -0.2) is 4.39 Å². The van der Waals surface area contributed by atoms with Gasteiger partial charge in [0, 0.05) is 24.7 Å². The summed E-state index contributed by atoms with van der Waals surface area (Å²) >= 11 is 3.18. The predicted octanol–water partition coefficient (Wildman–Crippen LogP) is 4.00. The molecule has 0 saturated heterocycles. The lowest BCUT2D eigenvalue weighted by atomic mass is 10.0. The van der Waals surface area contributed by atoms with Crippen molar-refractivity contribution in [2.45, 2.75) is 38.8 Å². The molecule has 3 nitrogen and oxygen atoms in total. The molecule has 0 fully saturated rings. The average molecular weight is 340 g/mol. The Morgan fingerprint density at radius 1 is 1.40 bits per heavy atom. The molecule has 2 unspecified atom stereocenters. The van der Waals surface area contributed by atoms with E-state index >= 15 is 0 Å². The van der Waals surface area contributed by atoms with Crippen LogP contribution in [0, 0.1) is 5.82 Å². The van der Waals surface area contributed by atoms with E-state index in [1.54, 1.807) is 12.1 Å². The highest BCUT2D eigenvalue weighted by atomic mass is 79.9. The molecule has 2 atom stereocenters. The molecule has 0 spiro atoms. The maximum Gasteiger partial charge on any atom is 0.137 e. The van der Waals surface area contributed by atoms with Crippen molar-refractivity contribution in [3.8, 4) is 0 Å². The van der Waals surface area contributed by atoms with E-state index in [1.807, 2.05) is 16.9 Å². The molecule has 0 bridgehead atoms. The Labute approximate surface area is 127 Å². The molecule has 0 radical (unpaired) electrons. The van der Waals surface area contributed by atoms with Crippen molar-refractivity contribution in [2.24, 2.45) is 5.73 Å². The predicted molar refractivity (Wildman–Crippen MR) is 82.0 cm³/mol. The Kier molecular flexibility index (Phi) is 4.94. The number of benzene rings is 1. The zero-order valence-corrected chi connectivity index (χ0v) is 13.3. The largest absolute Gasteiger partial charge is 0.324 e. The summed E-state index contributed by atoms with van der Waals surface area (Å²) in [5.74, 6) is -0.276. The standard InChI is InChI=1S/C15H19BrFN3/c1-3-10(2)20-7-6-12(19-20)9-15(18)11-4-5-14(17)13(16)8-11/h4-8,10,15H,3,9,18H2,1-2H3. The second kappa shape index (κ2) is 6.50. The molecular weight excluding hydrogens is 321 g/mol. The molecule has 1 heterocycles. The topological polar surface area (TPSA) is 43.8 Å². The fraction of sp³-hybridized carbons (Fsp3) is 0.400. The number of hydrogen-bond donors (Lipinski definition) is 1. The quantitative estimate of drug-likeness (QED) is 0.894. The first-order valence-electron chi connectivity index (χ1n) is 6.75. The fourth-order valence-electron chi connectivity index (χ4n) is 2.00. The van der Waals surface area contributed by atoms with Crippen LogP contribution in [-0.2, 0) is 6.42 Å². The highest BCUT2D eigenvalue weighted by Crippen LogP contribution is 2.22. The van der Waals surface area contributed by atoms with Gasteiger partial charge < -0.3 is 5.73 Å². The van der Waals surface area contributed by atoms with E-state index in [0.717, 1.165) is 17.7 Å². The summed E-state index contributed by atoms with van der Waals surface area (Å²) in [7, 11) is 0. The second-order valence-electron chi connectivity index (χ2n) is 5.03. The highest BCUT2D eigenvalue weighted by Gasteiger charge is 2.12. The van der Waals surface area contributed by atoms with Crippen LogP contribution >= 0.6 is 15.9 Å². The van der Waals surface area contributed by atoms with E-state index in [1.165, 1.54) is 6.07 Å². The minimum absolute atomic E-state index is 0.188. The first-order valence-corrected chi connectivity index (χ1v) is 7.55. The molecule has 0 aliphatic carbocycles. The molecule has 2 aromatic rings. The molecular formula is C15H19BrFN3. The lowest BCUT2D eigenvalue weighted by Gasteiger charge is -2.12. The lowest BCUT2D eigenvalue weighted by Crippen LogP contribution is -2.14. The maximum absolute atomic E-state index is 13.2. The first-order chi connectivity index (χ1) is 9.51. The molecule has 5 heteroatoms. The van der Waals surface area contributed by atoms with Crippen LogP contribution in [0.4, 0.5) is 4.39 Å². The lowest BCUT2D eigenvalue weighted by molar-refractivity contribution is 0.472. The van der Waals surface area contributed by atoms with Gasteiger partial charge in [0.2, 0.25) is 0 Å². The third-order valence-corrected chi connectivity index (χ3v) is 4.11. The molecule has 20 heavy (non-hydrogen) atoms. The van der Waals surface area contributed by atoms with Crippen LogP contribution in [0.5, 0.6) is 0 Å². The number of nitrogens with two attached hydrogens (primary N) is 1. The minimum atomic E-state index is -0.276. The van der Waals surface area contributed by atoms with E-state index < -0.39 is 0 Å². The van der Waals surface area contributed by atoms with Crippen molar-refractivity contribution < 1.29 is 4.39 Å². The average Bonchev–Trinajstić information content (AvgIpc) is 2.89. The molecule has 0 amide bonds. The van der Waals surface area contributed by atoms with Gasteiger partial charge in [0.15, 0.2) is 0 Å². The zero-order valence-electron chi connectivity index (χ0n) is 11.7. The van der Waals surface area contributed by atoms with Gasteiger partial charge in [-0.15, -0.1) is 0 Å². The summed E-state index contributed by atoms with van der Waals surface area (Å²) in [6.07, 6.45) is 3.66. The van der Waals surface area contributed by atoms with Crippen molar-refractivity contribution in [3.63, 3.8) is 0 Å². The van der Waals surface area contributed by atoms with E-state index in [2.05, 4.69) is 34.9 Å². The van der Waals surface area contributed by atoms with Gasteiger partial charge in [0.05, 0.1) is 10.2 Å². The van der Waals surface area contributed by atoms with Crippen molar-refractivity contribution >= 4 is 15.9 Å². The summed E-state index contributed by atoms with van der Waals surface area (Å²) in [6, 6.07) is 7.07. The molecule has 0 aliphatic heterocycles. The van der Waals surface area contributed by atoms with Gasteiger partial charge in [-0.3, -0.25) is 4.68 Å². The Hall–Kier alpha value is -1.20. The van der Waals surface area contributed by atoms with Crippen molar-refractivity contribution in [1.82, 2.24) is 9.78 Å². The third kappa shape index (κ3) is 3.46. The fourth-order valence-corrected chi connectivity index (χ4v) is 2.40. The molecule has 0 saturated carbocycles. The maximum atomic E-state index is 13.2. The normalized spacial score (nSPS) is 14.2. The van der Waals surface area contributed by atoms with Crippen LogP contribution in [0.1, 0.15) is 43.6 Å². The number of hydrogen-bond acceptors (Lipinski definition) is 2. The van der Waals surface area contributed by atoms with Crippen LogP contribution in [0.2, 0.25) is 0 Å². The van der Waals surface area contributed by atoms with Gasteiger partial charge in [0.25, 0.3) is 0 Å². The van der Waals surface area contributed by atoms with Crippen LogP contribution in [-0.4, -0.2) is 9.78 Å². The number of nitrogens with zero attached hydrogens (tertiary/aromatic N) is 2. The van der Waals surface area contributed by atoms with Crippen LogP contribution in [0.25, 0.3) is 0 Å². The Balaban J connectivity index is 2.09. The summed E-state index contributed by atoms with van der Waals surface area (Å²) in [5.41, 5.74) is 8.03. The van der Waals surface area contributed by atoms with Gasteiger partial charge in [0.1, 0.15) is 5.82 Å². The first kappa shape index (κ1) is 15.2. The van der Waals surface area contributed by atoms with E-state index in [0.29, 0.717) is 16.9 Å². The minimum Gasteiger partial charge on any atom is -0.324 e. The zero-order chi connectivity index (χ0) is 14.7. The van der Waals surface area contributed by atoms with E-state index in [9.17, 15) is 4.39 Å². The Bertz CT molecular complexity index is 582. The monoisotopic (exact) mass is 339 g/mol. The number of rotatable bonds is 5. The SMILES string of the molecule is CCC(C)n1ccc(CC(N)c2ccc(F)c(Br)c2)n1. The smallest absolute Gasteiger partial charge is 0.137 e. The van der Waals surface area contributed by atoms with Gasteiger partial charge in [-0.2, -0.15) is 5.10 Å². The molecule has 0 aliphatic rings. The van der Waals surface area contributed by atoms with E-state index in [-0.39, 0.29) is 11.9 Å². The van der Waals surface area contributed by atoms with E-state index in [4.69, 9.17) is 5.73 Å². The van der Waals surface area contributed by atoms with Crippen LogP contribution in [0.3, 0.4) is 0 Å². The van der Waals surface area contributed by atoms with Gasteiger partial charge in [-0.05, 0) is 53.0 Å². The van der Waals surface area contributed by atoms with Gasteiger partial charge in [-0.1, -0.05) is 13.0 Å². The Morgan fingerprint density at radius 2 is 2.15 bits per heavy atom. The van der Waals surface area contributed by atoms with Crippen LogP contribution < -0.4 is 5.73 Å². The van der Waals surface area contributed by atoms with Crippen molar-refractivity contribution in [2.75, 3.05) is 0 Å². The molecule has 1 aromatic carbocycles. The summed E-state index contributed by atoms with van der Waals surface area (Å²) in [6.45, 7) is 4.27. The van der Waals surface area contributed by atoms with Crippen molar-refractivity contribution in [1.29, 1.82) is 0 Å². The summed E-state index contributed by atoms with van der Waals surface area (Å²) < 4.78 is 15.6. The molecule has 2 rings (SSSR count). The molecule has 108 valence electrons. The molecule has 2 N–H and O–H groups in total. The summed E-state index contributed by atoms with van der Waals surface area (Å²) in [4.78, 5) is 0. The highest BCUT2D eigenvalue weighted by molar-refractivity contribution is 9.10. The summed E-state index contributed by atoms with van der Waals surface area (Å²) in [5, 5.41) is 4.54. The molecule has 1 aromatic heterocycles. The van der Waals surface area contributed by atoms with Crippen molar-refractivity contribution in [3.05, 3.63) is 52.0 Å². The number of aromatic nitrogens is 2. The Morgan fingerprint density at radius 3 is 2.80 bits per heavy atom.